The van der Waals surface area contributed by atoms with Crippen molar-refractivity contribution < 1.29 is 28.2 Å². The van der Waals surface area contributed by atoms with Crippen LogP contribution in [0.1, 0.15) is 46.5 Å². The van der Waals surface area contributed by atoms with E-state index in [1.165, 1.54) is 6.33 Å². The van der Waals surface area contributed by atoms with Crippen LogP contribution in [-0.4, -0.2) is 47.5 Å². The van der Waals surface area contributed by atoms with E-state index in [0.29, 0.717) is 23.8 Å². The summed E-state index contributed by atoms with van der Waals surface area (Å²) < 4.78 is 29.5. The second-order valence-corrected chi connectivity index (χ2v) is 10.7. The number of hydrogen-bond acceptors (Lipinski definition) is 8. The minimum absolute atomic E-state index is 0.0732. The van der Waals surface area contributed by atoms with E-state index < -0.39 is 5.60 Å². The summed E-state index contributed by atoms with van der Waals surface area (Å²) in [6.45, 7) is 5.46. The van der Waals surface area contributed by atoms with Crippen molar-refractivity contribution in [1.29, 1.82) is 0 Å². The van der Waals surface area contributed by atoms with Crippen molar-refractivity contribution in [3.63, 3.8) is 0 Å². The molecule has 0 radical (unpaired) electrons. The number of carbonyl (C=O) groups is 1. The number of nitrogens with zero attached hydrogens (tertiary/aromatic N) is 2. The molecule has 8 nitrogen and oxygen atoms in total. The average Bonchev–Trinajstić information content (AvgIpc) is 3.32. The molecule has 204 valence electrons. The van der Waals surface area contributed by atoms with Gasteiger partial charge >= 0.3 is 5.97 Å². The Balaban J connectivity index is 1.43. The number of benzene rings is 2. The van der Waals surface area contributed by atoms with E-state index in [9.17, 15) is 4.79 Å². The van der Waals surface area contributed by atoms with Gasteiger partial charge in [0.1, 0.15) is 41.5 Å². The molecule has 2 aromatic heterocycles. The van der Waals surface area contributed by atoms with Gasteiger partial charge in [0, 0.05) is 17.5 Å². The summed E-state index contributed by atoms with van der Waals surface area (Å²) in [5.74, 6) is 1.57. The molecule has 8 heteroatoms. The van der Waals surface area contributed by atoms with Crippen molar-refractivity contribution in [2.75, 3.05) is 13.7 Å². The lowest BCUT2D eigenvalue weighted by Crippen LogP contribution is -2.33. The molecular weight excluding hydrogens is 496 g/mol. The van der Waals surface area contributed by atoms with E-state index in [1.807, 2.05) is 75.4 Å². The Labute approximate surface area is 228 Å². The highest BCUT2D eigenvalue weighted by molar-refractivity contribution is 6.03. The molecule has 0 amide bonds. The Hall–Kier alpha value is -3.91. The SMILES string of the molecule is COc1ccc(-c2c(-c3ccccc3)oc3ncnc(OC4CCCC(OCC(=O)OC(C)(C)C)C4)c23)cc1. The first-order valence-corrected chi connectivity index (χ1v) is 13.3. The van der Waals surface area contributed by atoms with Gasteiger partial charge in [-0.2, -0.15) is 0 Å². The second-order valence-electron chi connectivity index (χ2n) is 10.7. The van der Waals surface area contributed by atoms with Crippen LogP contribution >= 0.6 is 0 Å². The monoisotopic (exact) mass is 530 g/mol. The zero-order chi connectivity index (χ0) is 27.4. The van der Waals surface area contributed by atoms with Crippen LogP contribution in [0.3, 0.4) is 0 Å². The molecule has 0 N–H and O–H groups in total. The number of carbonyl (C=O) groups excluding carboxylic acids is 1. The number of hydrogen-bond donors (Lipinski definition) is 0. The van der Waals surface area contributed by atoms with Gasteiger partial charge in [0.25, 0.3) is 0 Å². The molecule has 1 aliphatic carbocycles. The maximum Gasteiger partial charge on any atom is 0.332 e. The maximum atomic E-state index is 12.1. The molecule has 1 fully saturated rings. The fourth-order valence-electron chi connectivity index (χ4n) is 4.90. The van der Waals surface area contributed by atoms with E-state index in [1.54, 1.807) is 7.11 Å². The molecule has 0 spiro atoms. The van der Waals surface area contributed by atoms with E-state index >= 15 is 0 Å². The van der Waals surface area contributed by atoms with Crippen molar-refractivity contribution in [3.05, 3.63) is 60.9 Å². The van der Waals surface area contributed by atoms with Crippen LogP contribution < -0.4 is 9.47 Å². The van der Waals surface area contributed by atoms with Gasteiger partial charge in [-0.1, -0.05) is 42.5 Å². The minimum Gasteiger partial charge on any atom is -0.497 e. The average molecular weight is 531 g/mol. The highest BCUT2D eigenvalue weighted by Gasteiger charge is 2.29. The minimum atomic E-state index is -0.540. The third kappa shape index (κ3) is 6.40. The molecule has 2 atom stereocenters. The van der Waals surface area contributed by atoms with Crippen LogP contribution in [-0.2, 0) is 14.3 Å². The summed E-state index contributed by atoms with van der Waals surface area (Å²) >= 11 is 0. The Morgan fingerprint density at radius 2 is 1.72 bits per heavy atom. The third-order valence-corrected chi connectivity index (χ3v) is 6.58. The van der Waals surface area contributed by atoms with E-state index in [4.69, 9.17) is 23.4 Å². The molecule has 4 aromatic rings. The molecule has 0 bridgehead atoms. The van der Waals surface area contributed by atoms with Gasteiger partial charge in [-0.25, -0.2) is 14.8 Å². The first-order chi connectivity index (χ1) is 18.8. The van der Waals surface area contributed by atoms with Crippen LogP contribution in [0.15, 0.2) is 65.3 Å². The van der Waals surface area contributed by atoms with Crippen molar-refractivity contribution >= 4 is 17.1 Å². The largest absolute Gasteiger partial charge is 0.497 e. The fraction of sp³-hybridized carbons (Fsp3) is 0.387. The predicted octanol–water partition coefficient (Wildman–Crippen LogP) is 6.61. The maximum absolute atomic E-state index is 12.1. The van der Waals surface area contributed by atoms with Gasteiger partial charge in [0.15, 0.2) is 0 Å². The summed E-state index contributed by atoms with van der Waals surface area (Å²) in [7, 11) is 1.64. The summed E-state index contributed by atoms with van der Waals surface area (Å²) in [5.41, 5.74) is 2.65. The van der Waals surface area contributed by atoms with Gasteiger partial charge in [-0.3, -0.25) is 0 Å². The molecular formula is C31H34N2O6. The summed E-state index contributed by atoms with van der Waals surface area (Å²) in [6, 6.07) is 17.8. The Kier molecular flexibility index (Phi) is 7.84. The standard InChI is InChI=1S/C31H34N2O6/c1-31(2,3)39-25(34)18-36-23-11-8-12-24(17-23)37-29-27-26(20-13-15-22(35-4)16-14-20)28(21-9-6-5-7-10-21)38-30(27)33-19-32-29/h5-7,9-10,13-16,19,23-24H,8,11-12,17-18H2,1-4H3. The summed E-state index contributed by atoms with van der Waals surface area (Å²) in [4.78, 5) is 21.1. The lowest BCUT2D eigenvalue weighted by atomic mass is 9.94. The van der Waals surface area contributed by atoms with E-state index in [0.717, 1.165) is 47.1 Å². The number of aromatic nitrogens is 2. The molecule has 5 rings (SSSR count). The fourth-order valence-corrected chi connectivity index (χ4v) is 4.90. The normalized spacial score (nSPS) is 17.6. The topological polar surface area (TPSA) is 92.9 Å². The molecule has 39 heavy (non-hydrogen) atoms. The van der Waals surface area contributed by atoms with Gasteiger partial charge < -0.3 is 23.4 Å². The lowest BCUT2D eigenvalue weighted by Gasteiger charge is -2.29. The van der Waals surface area contributed by atoms with Crippen LogP contribution in [0.5, 0.6) is 11.6 Å². The molecule has 2 heterocycles. The molecule has 2 aromatic carbocycles. The predicted molar refractivity (Wildman–Crippen MR) is 148 cm³/mol. The van der Waals surface area contributed by atoms with Gasteiger partial charge in [-0.05, 0) is 57.7 Å². The number of rotatable bonds is 8. The van der Waals surface area contributed by atoms with Crippen molar-refractivity contribution in [2.45, 2.75) is 64.3 Å². The van der Waals surface area contributed by atoms with Gasteiger partial charge in [0.05, 0.1) is 13.2 Å². The smallest absolute Gasteiger partial charge is 0.332 e. The second kappa shape index (κ2) is 11.5. The number of furan rings is 1. The van der Waals surface area contributed by atoms with Crippen LogP contribution in [0, 0.1) is 0 Å². The van der Waals surface area contributed by atoms with Gasteiger partial charge in [-0.15, -0.1) is 0 Å². The number of fused-ring (bicyclic) bond motifs is 1. The zero-order valence-corrected chi connectivity index (χ0v) is 22.8. The van der Waals surface area contributed by atoms with Crippen molar-refractivity contribution in [3.8, 4) is 34.1 Å². The van der Waals surface area contributed by atoms with E-state index in [2.05, 4.69) is 9.97 Å². The number of ether oxygens (including phenoxy) is 4. The molecule has 1 aliphatic rings. The number of esters is 1. The lowest BCUT2D eigenvalue weighted by molar-refractivity contribution is -0.163. The van der Waals surface area contributed by atoms with E-state index in [-0.39, 0.29) is 24.8 Å². The molecule has 2 unspecified atom stereocenters. The Morgan fingerprint density at radius 1 is 0.974 bits per heavy atom. The summed E-state index contributed by atoms with van der Waals surface area (Å²) in [5, 5.41) is 0.721. The molecule has 0 aliphatic heterocycles. The van der Waals surface area contributed by atoms with Crippen LogP contribution in [0.4, 0.5) is 0 Å². The van der Waals surface area contributed by atoms with Gasteiger partial charge in [0.2, 0.25) is 11.6 Å². The van der Waals surface area contributed by atoms with Crippen LogP contribution in [0.2, 0.25) is 0 Å². The Bertz CT molecular complexity index is 1410. The highest BCUT2D eigenvalue weighted by Crippen LogP contribution is 2.44. The summed E-state index contributed by atoms with van der Waals surface area (Å²) in [6.07, 6.45) is 4.53. The third-order valence-electron chi connectivity index (χ3n) is 6.58. The Morgan fingerprint density at radius 3 is 2.44 bits per heavy atom. The first-order valence-electron chi connectivity index (χ1n) is 13.3. The molecule has 0 saturated heterocycles. The van der Waals surface area contributed by atoms with Crippen molar-refractivity contribution in [1.82, 2.24) is 9.97 Å². The first kappa shape index (κ1) is 26.7. The highest BCUT2D eigenvalue weighted by atomic mass is 16.6. The quantitative estimate of drug-likeness (QED) is 0.235. The zero-order valence-electron chi connectivity index (χ0n) is 22.8. The van der Waals surface area contributed by atoms with Crippen molar-refractivity contribution in [2.24, 2.45) is 0 Å². The van der Waals surface area contributed by atoms with Crippen LogP contribution in [0.25, 0.3) is 33.6 Å². The molecule has 1 saturated carbocycles. The number of methoxy groups -OCH3 is 1.